The number of aromatic hydroxyl groups is 1. The quantitative estimate of drug-likeness (QED) is 0.411. The number of aromatic nitrogens is 2. The van der Waals surface area contributed by atoms with Gasteiger partial charge in [0.25, 0.3) is 11.5 Å². The normalized spacial score (nSPS) is 17.3. The highest BCUT2D eigenvalue weighted by Crippen LogP contribution is 2.38. The van der Waals surface area contributed by atoms with Crippen molar-refractivity contribution >= 4 is 11.7 Å². The fourth-order valence-electron chi connectivity index (χ4n) is 5.62. The minimum atomic E-state index is -0.778. The molecule has 4 rings (SSSR count). The maximum atomic E-state index is 13.6. The molecule has 1 amide bonds. The highest BCUT2D eigenvalue weighted by atomic mass is 16.5. The van der Waals surface area contributed by atoms with Gasteiger partial charge < -0.3 is 25.1 Å². The summed E-state index contributed by atoms with van der Waals surface area (Å²) in [5, 5.41) is 11.2. The summed E-state index contributed by atoms with van der Waals surface area (Å²) < 4.78 is 18.4. The smallest absolute Gasteiger partial charge is 0.334 e. The highest BCUT2D eigenvalue weighted by Gasteiger charge is 2.30. The number of carbonyl (C=O) groups excluding carboxylic acids is 1. The fraction of sp³-hybridized carbons (Fsp3) is 0.556. The van der Waals surface area contributed by atoms with Crippen molar-refractivity contribution in [3.8, 4) is 23.1 Å². The first-order valence-electron chi connectivity index (χ1n) is 13.1. The Bertz CT molecular complexity index is 1310. The number of rotatable bonds is 7. The minimum absolute atomic E-state index is 0.0788. The molecule has 0 saturated heterocycles. The van der Waals surface area contributed by atoms with Crippen molar-refractivity contribution in [3.05, 3.63) is 44.1 Å². The van der Waals surface area contributed by atoms with Gasteiger partial charge in [0.05, 0.1) is 21.3 Å². The van der Waals surface area contributed by atoms with Crippen LogP contribution in [0.4, 0.5) is 0 Å². The fourth-order valence-corrected chi connectivity index (χ4v) is 5.62. The number of hydrogen-bond acceptors (Lipinski definition) is 7. The number of nitrogens with two attached hydrogens (primary N) is 1. The molecule has 11 heteroatoms. The predicted octanol–water partition coefficient (Wildman–Crippen LogP) is 3.30. The van der Waals surface area contributed by atoms with Gasteiger partial charge in [-0.2, -0.15) is 4.99 Å². The van der Waals surface area contributed by atoms with Gasteiger partial charge in [-0.3, -0.25) is 18.7 Å². The second-order valence-corrected chi connectivity index (χ2v) is 9.83. The molecule has 1 aromatic heterocycles. The molecule has 0 spiro atoms. The van der Waals surface area contributed by atoms with Crippen molar-refractivity contribution in [2.24, 2.45) is 10.7 Å². The molecule has 206 valence electrons. The van der Waals surface area contributed by atoms with E-state index >= 15 is 0 Å². The van der Waals surface area contributed by atoms with E-state index in [1.54, 1.807) is 0 Å². The number of methoxy groups -OCH3 is 3. The zero-order valence-corrected chi connectivity index (χ0v) is 22.2. The summed E-state index contributed by atoms with van der Waals surface area (Å²) in [5.74, 6) is -0.982. The zero-order valence-electron chi connectivity index (χ0n) is 22.2. The van der Waals surface area contributed by atoms with Crippen molar-refractivity contribution in [1.29, 1.82) is 0 Å². The second-order valence-electron chi connectivity index (χ2n) is 9.83. The number of amides is 1. The number of carbonyl (C=O) groups is 1. The van der Waals surface area contributed by atoms with Gasteiger partial charge in [0.2, 0.25) is 11.6 Å². The van der Waals surface area contributed by atoms with Crippen LogP contribution in [0.15, 0.2) is 26.7 Å². The Hall–Kier alpha value is -3.76. The van der Waals surface area contributed by atoms with E-state index in [-0.39, 0.29) is 34.7 Å². The first-order chi connectivity index (χ1) is 18.3. The van der Waals surface area contributed by atoms with Crippen LogP contribution in [-0.4, -0.2) is 47.3 Å². The van der Waals surface area contributed by atoms with Crippen LogP contribution in [-0.2, 0) is 0 Å². The van der Waals surface area contributed by atoms with Crippen LogP contribution in [0.25, 0.3) is 0 Å². The van der Waals surface area contributed by atoms with Gasteiger partial charge in [-0.05, 0) is 37.8 Å². The Morgan fingerprint density at radius 1 is 0.868 bits per heavy atom. The Balaban J connectivity index is 1.85. The molecule has 1 heterocycles. The topological polar surface area (TPSA) is 147 Å². The maximum absolute atomic E-state index is 13.6. The largest absolute Gasteiger partial charge is 0.494 e. The molecule has 0 aliphatic heterocycles. The van der Waals surface area contributed by atoms with Crippen molar-refractivity contribution < 1.29 is 24.1 Å². The van der Waals surface area contributed by atoms with Crippen molar-refractivity contribution in [2.75, 3.05) is 21.3 Å². The van der Waals surface area contributed by atoms with Gasteiger partial charge in [0.1, 0.15) is 11.4 Å². The third kappa shape index (κ3) is 5.14. The molecule has 2 aliphatic carbocycles. The van der Waals surface area contributed by atoms with Crippen LogP contribution in [0.5, 0.6) is 23.1 Å². The van der Waals surface area contributed by atoms with Crippen molar-refractivity contribution in [2.45, 2.75) is 76.3 Å². The lowest BCUT2D eigenvalue weighted by Crippen LogP contribution is -2.47. The number of benzene rings is 1. The third-order valence-electron chi connectivity index (χ3n) is 7.57. The van der Waals surface area contributed by atoms with Gasteiger partial charge in [-0.15, -0.1) is 0 Å². The predicted molar refractivity (Wildman–Crippen MR) is 142 cm³/mol. The van der Waals surface area contributed by atoms with Gasteiger partial charge in [0, 0.05) is 17.6 Å². The SMILES string of the molecule is COc1cc(C(=O)N=C(N)c2c(O)n(C3CCCCC3)c(=O)n(C3CCCCC3)c2=O)cc(OC)c1OC. The molecule has 38 heavy (non-hydrogen) atoms. The van der Waals surface area contributed by atoms with E-state index in [2.05, 4.69) is 4.99 Å². The maximum Gasteiger partial charge on any atom is 0.334 e. The van der Waals surface area contributed by atoms with Crippen LogP contribution in [0.1, 0.15) is 92.2 Å². The molecule has 3 N–H and O–H groups in total. The molecule has 0 unspecified atom stereocenters. The lowest BCUT2D eigenvalue weighted by atomic mass is 9.94. The lowest BCUT2D eigenvalue weighted by Gasteiger charge is -2.29. The van der Waals surface area contributed by atoms with E-state index in [0.29, 0.717) is 31.4 Å². The number of ether oxygens (including phenoxy) is 3. The molecule has 2 fully saturated rings. The average Bonchev–Trinajstić information content (AvgIpc) is 2.93. The summed E-state index contributed by atoms with van der Waals surface area (Å²) in [5.41, 5.74) is 4.72. The molecule has 0 atom stereocenters. The average molecular weight is 529 g/mol. The summed E-state index contributed by atoms with van der Waals surface area (Å²) in [6.07, 6.45) is 8.51. The van der Waals surface area contributed by atoms with Gasteiger partial charge in [0.15, 0.2) is 11.5 Å². The number of aliphatic imine (C=N–C) groups is 1. The van der Waals surface area contributed by atoms with E-state index in [0.717, 1.165) is 38.5 Å². The lowest BCUT2D eigenvalue weighted by molar-refractivity contribution is 0.100. The molecule has 0 radical (unpaired) electrons. The van der Waals surface area contributed by atoms with Crippen LogP contribution in [0.3, 0.4) is 0 Å². The Morgan fingerprint density at radius 3 is 1.84 bits per heavy atom. The van der Waals surface area contributed by atoms with E-state index in [9.17, 15) is 19.5 Å². The minimum Gasteiger partial charge on any atom is -0.494 e. The Kier molecular flexibility index (Phi) is 8.43. The third-order valence-corrected chi connectivity index (χ3v) is 7.57. The number of amidine groups is 1. The Labute approximate surface area is 220 Å². The van der Waals surface area contributed by atoms with Gasteiger partial charge >= 0.3 is 5.69 Å². The first-order valence-corrected chi connectivity index (χ1v) is 13.1. The van der Waals surface area contributed by atoms with Crippen molar-refractivity contribution in [1.82, 2.24) is 9.13 Å². The Morgan fingerprint density at radius 2 is 1.37 bits per heavy atom. The summed E-state index contributed by atoms with van der Waals surface area (Å²) in [6, 6.07) is 2.29. The van der Waals surface area contributed by atoms with Crippen LogP contribution in [0.2, 0.25) is 0 Å². The second kappa shape index (κ2) is 11.7. The summed E-state index contributed by atoms with van der Waals surface area (Å²) >= 11 is 0. The summed E-state index contributed by atoms with van der Waals surface area (Å²) in [6.45, 7) is 0. The van der Waals surface area contributed by atoms with Gasteiger partial charge in [-0.25, -0.2) is 4.79 Å². The van der Waals surface area contributed by atoms with Gasteiger partial charge in [-0.1, -0.05) is 38.5 Å². The number of hydrogen-bond donors (Lipinski definition) is 2. The van der Waals surface area contributed by atoms with E-state index in [1.807, 2.05) is 0 Å². The molecular formula is C27H36N4O7. The standard InChI is InChI=1S/C27H36N4O7/c1-36-19-14-16(15-20(37-2)22(19)38-3)24(32)29-23(28)21-25(33)30(17-10-6-4-7-11-17)27(35)31(26(21)34)18-12-8-5-9-13-18/h14-15,17-18,33H,4-13H2,1-3H3,(H2,28,29,32). The van der Waals surface area contributed by atoms with Crippen LogP contribution >= 0.6 is 0 Å². The molecule has 0 bridgehead atoms. The van der Waals surface area contributed by atoms with Crippen molar-refractivity contribution in [3.63, 3.8) is 0 Å². The molecule has 1 aromatic carbocycles. The monoisotopic (exact) mass is 528 g/mol. The van der Waals surface area contributed by atoms with Crippen LogP contribution in [0, 0.1) is 0 Å². The molecule has 2 aliphatic rings. The highest BCUT2D eigenvalue weighted by molar-refractivity contribution is 6.09. The zero-order chi connectivity index (χ0) is 27.4. The molecular weight excluding hydrogens is 492 g/mol. The summed E-state index contributed by atoms with van der Waals surface area (Å²) in [7, 11) is 4.28. The molecule has 2 aromatic rings. The van der Waals surface area contributed by atoms with E-state index in [4.69, 9.17) is 19.9 Å². The van der Waals surface area contributed by atoms with E-state index in [1.165, 1.54) is 42.6 Å². The first kappa shape index (κ1) is 27.3. The molecule has 2 saturated carbocycles. The van der Waals surface area contributed by atoms with Crippen LogP contribution < -0.4 is 31.2 Å². The molecule has 11 nitrogen and oxygen atoms in total. The number of nitrogens with zero attached hydrogens (tertiary/aromatic N) is 3. The summed E-state index contributed by atoms with van der Waals surface area (Å²) in [4.78, 5) is 44.4. The van der Waals surface area contributed by atoms with E-state index < -0.39 is 28.9 Å².